The van der Waals surface area contributed by atoms with Crippen molar-refractivity contribution in [3.63, 3.8) is 0 Å². The van der Waals surface area contributed by atoms with Crippen molar-refractivity contribution in [2.45, 2.75) is 26.7 Å². The van der Waals surface area contributed by atoms with Crippen LogP contribution in [0.15, 0.2) is 24.4 Å². The molecule has 124 valence electrons. The minimum atomic E-state index is -0.483. The molecule has 0 bridgehead atoms. The molecule has 0 radical (unpaired) electrons. The lowest BCUT2D eigenvalue weighted by Crippen LogP contribution is -2.15. The van der Waals surface area contributed by atoms with Crippen LogP contribution in [0, 0.1) is 5.82 Å². The lowest BCUT2D eigenvalue weighted by molar-refractivity contribution is -0.110. The van der Waals surface area contributed by atoms with E-state index in [2.05, 4.69) is 5.32 Å². The van der Waals surface area contributed by atoms with Gasteiger partial charge in [0.05, 0.1) is 11.1 Å². The van der Waals surface area contributed by atoms with Crippen LogP contribution in [0.2, 0.25) is 0 Å². The van der Waals surface area contributed by atoms with Crippen LogP contribution in [0.3, 0.4) is 0 Å². The maximum atomic E-state index is 13.5. The Morgan fingerprint density at radius 3 is 2.71 bits per heavy atom. The molecule has 1 aliphatic rings. The van der Waals surface area contributed by atoms with Gasteiger partial charge < -0.3 is 15.6 Å². The summed E-state index contributed by atoms with van der Waals surface area (Å²) in [4.78, 5) is 24.0. The number of benzene rings is 1. The molecule has 0 saturated carbocycles. The number of amides is 2. The van der Waals surface area contributed by atoms with Crippen molar-refractivity contribution < 1.29 is 14.0 Å². The highest BCUT2D eigenvalue weighted by atomic mass is 19.1. The average molecular weight is 327 g/mol. The highest BCUT2D eigenvalue weighted by molar-refractivity contribution is 6.34. The first-order valence-corrected chi connectivity index (χ1v) is 7.81. The first kappa shape index (κ1) is 16.0. The van der Waals surface area contributed by atoms with E-state index >= 15 is 0 Å². The third kappa shape index (κ3) is 2.50. The molecule has 0 saturated heterocycles. The molecule has 0 aliphatic carbocycles. The van der Waals surface area contributed by atoms with Crippen LogP contribution in [0.1, 0.15) is 41.0 Å². The molecule has 2 heterocycles. The van der Waals surface area contributed by atoms with Crippen molar-refractivity contribution in [3.8, 4) is 0 Å². The van der Waals surface area contributed by atoms with Crippen molar-refractivity contribution in [1.29, 1.82) is 0 Å². The number of nitrogens with two attached hydrogens (primary N) is 1. The Bertz CT molecular complexity index is 881. The van der Waals surface area contributed by atoms with Crippen molar-refractivity contribution in [2.75, 3.05) is 5.32 Å². The molecule has 1 aliphatic heterocycles. The molecule has 0 spiro atoms. The zero-order chi connectivity index (χ0) is 17.4. The maximum Gasteiger partial charge on any atom is 0.257 e. The van der Waals surface area contributed by atoms with Gasteiger partial charge in [-0.3, -0.25) is 9.59 Å². The number of carbonyl (C=O) groups excluding carboxylic acids is 2. The number of nitrogens with zero attached hydrogens (tertiary/aromatic N) is 1. The summed E-state index contributed by atoms with van der Waals surface area (Å²) in [6, 6.07) is 4.16. The average Bonchev–Trinajstić information content (AvgIpc) is 3.05. The topological polar surface area (TPSA) is 77.1 Å². The summed E-state index contributed by atoms with van der Waals surface area (Å²) in [6.07, 6.45) is 4.67. The third-order valence-corrected chi connectivity index (χ3v) is 4.21. The number of fused-ring (bicyclic) bond motifs is 1. The molecule has 6 heteroatoms. The zero-order valence-electron chi connectivity index (χ0n) is 13.5. The Kier molecular flexibility index (Phi) is 3.97. The number of aryl methyl sites for hydroxylation is 1. The van der Waals surface area contributed by atoms with Crippen LogP contribution < -0.4 is 11.1 Å². The van der Waals surface area contributed by atoms with Crippen LogP contribution in [0.5, 0.6) is 0 Å². The highest BCUT2D eigenvalue weighted by Gasteiger charge is 2.26. The van der Waals surface area contributed by atoms with Gasteiger partial charge in [-0.15, -0.1) is 0 Å². The normalized spacial score (nSPS) is 14.8. The lowest BCUT2D eigenvalue weighted by atomic mass is 10.1. The third-order valence-electron chi connectivity index (χ3n) is 4.21. The summed E-state index contributed by atoms with van der Waals surface area (Å²) in [5.41, 5.74) is 9.01. The number of rotatable bonds is 4. The Labute approximate surface area is 139 Å². The summed E-state index contributed by atoms with van der Waals surface area (Å²) in [5.74, 6) is -1.19. The van der Waals surface area contributed by atoms with E-state index in [-0.39, 0.29) is 5.91 Å². The smallest absolute Gasteiger partial charge is 0.257 e. The lowest BCUT2D eigenvalue weighted by Gasteiger charge is -2.05. The Balaban J connectivity index is 2.18. The molecule has 0 fully saturated rings. The van der Waals surface area contributed by atoms with E-state index in [1.165, 1.54) is 18.2 Å². The van der Waals surface area contributed by atoms with Crippen LogP contribution in [-0.2, 0) is 17.6 Å². The Morgan fingerprint density at radius 1 is 1.33 bits per heavy atom. The first-order chi connectivity index (χ1) is 11.5. The van der Waals surface area contributed by atoms with Gasteiger partial charge in [-0.2, -0.15) is 0 Å². The zero-order valence-corrected chi connectivity index (χ0v) is 13.5. The highest BCUT2D eigenvalue weighted by Crippen LogP contribution is 2.33. The summed E-state index contributed by atoms with van der Waals surface area (Å²) < 4.78 is 15.3. The Morgan fingerprint density at radius 2 is 2.08 bits per heavy atom. The van der Waals surface area contributed by atoms with E-state index in [0.29, 0.717) is 35.2 Å². The summed E-state index contributed by atoms with van der Waals surface area (Å²) in [7, 11) is 0. The first-order valence-electron chi connectivity index (χ1n) is 7.81. The fourth-order valence-corrected chi connectivity index (χ4v) is 3.10. The van der Waals surface area contributed by atoms with Crippen LogP contribution in [0.25, 0.3) is 11.8 Å². The number of hydrogen-bond donors (Lipinski definition) is 2. The van der Waals surface area contributed by atoms with Gasteiger partial charge in [-0.25, -0.2) is 4.39 Å². The second-order valence-electron chi connectivity index (χ2n) is 5.64. The summed E-state index contributed by atoms with van der Waals surface area (Å²) >= 11 is 0. The Hall–Kier alpha value is -2.89. The van der Waals surface area contributed by atoms with Gasteiger partial charge in [0.1, 0.15) is 5.82 Å². The monoisotopic (exact) mass is 327 g/mol. The van der Waals surface area contributed by atoms with Gasteiger partial charge in [-0.05, 0) is 36.6 Å². The molecule has 5 nitrogen and oxygen atoms in total. The molecule has 2 aromatic rings. The molecule has 3 rings (SSSR count). The van der Waals surface area contributed by atoms with Gasteiger partial charge in [0.2, 0.25) is 0 Å². The van der Waals surface area contributed by atoms with E-state index in [4.69, 9.17) is 5.73 Å². The SMILES string of the molecule is CCc1cn(/C=C2\C(=O)Nc3ccc(F)cc32)c(CC)c1C(N)=O. The molecule has 1 aromatic heterocycles. The van der Waals surface area contributed by atoms with E-state index in [1.54, 1.807) is 17.0 Å². The number of halogens is 1. The fraction of sp³-hybridized carbons (Fsp3) is 0.222. The summed E-state index contributed by atoms with van der Waals surface area (Å²) in [6.45, 7) is 3.85. The van der Waals surface area contributed by atoms with Crippen molar-refractivity contribution in [3.05, 3.63) is 52.6 Å². The molecule has 0 atom stereocenters. The maximum absolute atomic E-state index is 13.5. The van der Waals surface area contributed by atoms with E-state index in [9.17, 15) is 14.0 Å². The van der Waals surface area contributed by atoms with Gasteiger partial charge >= 0.3 is 0 Å². The van der Waals surface area contributed by atoms with Gasteiger partial charge in [-0.1, -0.05) is 13.8 Å². The summed E-state index contributed by atoms with van der Waals surface area (Å²) in [5, 5.41) is 2.71. The minimum Gasteiger partial charge on any atom is -0.366 e. The molecule has 0 unspecified atom stereocenters. The molecule has 24 heavy (non-hydrogen) atoms. The van der Waals surface area contributed by atoms with Gasteiger partial charge in [0.15, 0.2) is 0 Å². The predicted octanol–water partition coefficient (Wildman–Crippen LogP) is 2.80. The number of aromatic nitrogens is 1. The fourth-order valence-electron chi connectivity index (χ4n) is 3.10. The van der Waals surface area contributed by atoms with E-state index in [0.717, 1.165) is 11.3 Å². The largest absolute Gasteiger partial charge is 0.366 e. The predicted molar refractivity (Wildman–Crippen MR) is 90.9 cm³/mol. The molecular weight excluding hydrogens is 309 g/mol. The van der Waals surface area contributed by atoms with Gasteiger partial charge in [0.25, 0.3) is 11.8 Å². The molecule has 2 amide bonds. The molecular formula is C18H18FN3O2. The van der Waals surface area contributed by atoms with E-state index in [1.807, 2.05) is 13.8 Å². The quantitative estimate of drug-likeness (QED) is 0.847. The van der Waals surface area contributed by atoms with Crippen molar-refractivity contribution in [2.24, 2.45) is 5.73 Å². The second-order valence-corrected chi connectivity index (χ2v) is 5.64. The van der Waals surface area contributed by atoms with Crippen molar-refractivity contribution >= 4 is 29.3 Å². The standard InChI is InChI=1S/C18H18FN3O2/c1-3-10-8-22(15(4-2)16(10)17(20)23)9-13-12-7-11(19)5-6-14(12)21-18(13)24/h5-9H,3-4H2,1-2H3,(H2,20,23)(H,21,24)/b13-9-. The van der Waals surface area contributed by atoms with Crippen LogP contribution in [0.4, 0.5) is 10.1 Å². The number of anilines is 1. The van der Waals surface area contributed by atoms with Gasteiger partial charge in [0, 0.05) is 29.3 Å². The van der Waals surface area contributed by atoms with Crippen LogP contribution >= 0.6 is 0 Å². The number of hydrogen-bond acceptors (Lipinski definition) is 2. The number of primary amides is 1. The van der Waals surface area contributed by atoms with Crippen molar-refractivity contribution in [1.82, 2.24) is 4.57 Å². The van der Waals surface area contributed by atoms with Crippen LogP contribution in [-0.4, -0.2) is 16.4 Å². The molecule has 1 aromatic carbocycles. The number of carbonyl (C=O) groups is 2. The second kappa shape index (κ2) is 5.96. The van der Waals surface area contributed by atoms with E-state index < -0.39 is 11.7 Å². The molecule has 3 N–H and O–H groups in total. The number of nitrogens with one attached hydrogen (secondary N) is 1. The minimum absolute atomic E-state index is 0.301.